The summed E-state index contributed by atoms with van der Waals surface area (Å²) in [5.41, 5.74) is 6.61. The fraction of sp³-hybridized carbons (Fsp3) is 0.667. The predicted octanol–water partition coefficient (Wildman–Crippen LogP) is 1.83. The molecule has 6 heteroatoms. The fourth-order valence-electron chi connectivity index (χ4n) is 1.23. The molecule has 0 bridgehead atoms. The number of ether oxygens (including phenoxy) is 1. The van der Waals surface area contributed by atoms with Gasteiger partial charge in [0, 0.05) is 6.54 Å². The molecule has 0 unspecified atom stereocenters. The van der Waals surface area contributed by atoms with Gasteiger partial charge in [0.25, 0.3) is 6.43 Å². The van der Waals surface area contributed by atoms with Gasteiger partial charge in [-0.2, -0.15) is 5.10 Å². The van der Waals surface area contributed by atoms with Gasteiger partial charge in [0.15, 0.2) is 6.61 Å². The Kier molecular flexibility index (Phi) is 3.88. The predicted molar refractivity (Wildman–Crippen MR) is 53.2 cm³/mol. The second kappa shape index (κ2) is 4.95. The maximum absolute atomic E-state index is 12.0. The molecule has 86 valence electrons. The van der Waals surface area contributed by atoms with E-state index < -0.39 is 13.0 Å². The van der Waals surface area contributed by atoms with Crippen molar-refractivity contribution in [3.63, 3.8) is 0 Å². The molecule has 15 heavy (non-hydrogen) atoms. The van der Waals surface area contributed by atoms with E-state index in [2.05, 4.69) is 5.10 Å². The summed E-state index contributed by atoms with van der Waals surface area (Å²) < 4.78 is 30.4. The number of aryl methyl sites for hydroxylation is 2. The molecule has 0 fully saturated rings. The molecule has 1 aromatic heterocycles. The van der Waals surface area contributed by atoms with Crippen molar-refractivity contribution >= 4 is 5.69 Å². The molecular weight excluding hydrogens is 204 g/mol. The molecule has 0 saturated carbocycles. The van der Waals surface area contributed by atoms with Crippen molar-refractivity contribution in [1.82, 2.24) is 9.78 Å². The standard InChI is InChI=1S/C9H15F2N3O/c1-3-4-14-9(15-5-7(10)11)8(12)6(2)13-14/h7H,3-5,12H2,1-2H3. The van der Waals surface area contributed by atoms with Crippen molar-refractivity contribution in [1.29, 1.82) is 0 Å². The molecule has 0 amide bonds. The van der Waals surface area contributed by atoms with E-state index in [1.54, 1.807) is 6.92 Å². The third kappa shape index (κ3) is 2.81. The Balaban J connectivity index is 2.82. The zero-order valence-corrected chi connectivity index (χ0v) is 8.83. The largest absolute Gasteiger partial charge is 0.470 e. The van der Waals surface area contributed by atoms with Crippen LogP contribution in [0, 0.1) is 6.92 Å². The Hall–Kier alpha value is -1.33. The van der Waals surface area contributed by atoms with E-state index in [1.165, 1.54) is 4.68 Å². The van der Waals surface area contributed by atoms with E-state index in [-0.39, 0.29) is 5.88 Å². The SMILES string of the molecule is CCCn1nc(C)c(N)c1OCC(F)F. The van der Waals surface area contributed by atoms with Crippen LogP contribution >= 0.6 is 0 Å². The molecular formula is C9H15F2N3O. The van der Waals surface area contributed by atoms with E-state index in [0.717, 1.165) is 6.42 Å². The van der Waals surface area contributed by atoms with Crippen LogP contribution in [0.2, 0.25) is 0 Å². The van der Waals surface area contributed by atoms with Gasteiger partial charge < -0.3 is 10.5 Å². The minimum absolute atomic E-state index is 0.245. The summed E-state index contributed by atoms with van der Waals surface area (Å²) in [6.45, 7) is 3.64. The quantitative estimate of drug-likeness (QED) is 0.821. The van der Waals surface area contributed by atoms with Gasteiger partial charge in [-0.3, -0.25) is 0 Å². The van der Waals surface area contributed by atoms with Crippen molar-refractivity contribution < 1.29 is 13.5 Å². The summed E-state index contributed by atoms with van der Waals surface area (Å²) in [4.78, 5) is 0. The minimum atomic E-state index is -2.50. The minimum Gasteiger partial charge on any atom is -0.470 e. The fourth-order valence-corrected chi connectivity index (χ4v) is 1.23. The second-order valence-corrected chi connectivity index (χ2v) is 3.23. The van der Waals surface area contributed by atoms with Crippen LogP contribution < -0.4 is 10.5 Å². The van der Waals surface area contributed by atoms with Crippen LogP contribution in [0.25, 0.3) is 0 Å². The topological polar surface area (TPSA) is 53.1 Å². The zero-order valence-electron chi connectivity index (χ0n) is 8.83. The van der Waals surface area contributed by atoms with Crippen molar-refractivity contribution in [2.45, 2.75) is 33.2 Å². The molecule has 0 aliphatic heterocycles. The van der Waals surface area contributed by atoms with E-state index in [9.17, 15) is 8.78 Å². The summed E-state index contributed by atoms with van der Waals surface area (Å²) in [7, 11) is 0. The lowest BCUT2D eigenvalue weighted by atomic mass is 10.4. The van der Waals surface area contributed by atoms with Crippen LogP contribution in [0.5, 0.6) is 5.88 Å². The van der Waals surface area contributed by atoms with Crippen molar-refractivity contribution in [3.8, 4) is 5.88 Å². The average molecular weight is 219 g/mol. The molecule has 1 heterocycles. The van der Waals surface area contributed by atoms with Gasteiger partial charge >= 0.3 is 0 Å². The highest BCUT2D eigenvalue weighted by molar-refractivity contribution is 5.52. The van der Waals surface area contributed by atoms with E-state index in [4.69, 9.17) is 10.5 Å². The van der Waals surface area contributed by atoms with Crippen LogP contribution in [0.15, 0.2) is 0 Å². The van der Waals surface area contributed by atoms with Gasteiger partial charge in [-0.05, 0) is 13.3 Å². The Morgan fingerprint density at radius 1 is 1.53 bits per heavy atom. The van der Waals surface area contributed by atoms with Gasteiger partial charge in [-0.15, -0.1) is 0 Å². The van der Waals surface area contributed by atoms with Crippen molar-refractivity contribution in [2.75, 3.05) is 12.3 Å². The summed E-state index contributed by atoms with van der Waals surface area (Å²) in [5.74, 6) is 0.245. The third-order valence-electron chi connectivity index (χ3n) is 1.91. The number of alkyl halides is 2. The Bertz CT molecular complexity index is 325. The Labute approximate surface area is 87.0 Å². The smallest absolute Gasteiger partial charge is 0.272 e. The molecule has 0 saturated heterocycles. The highest BCUT2D eigenvalue weighted by Gasteiger charge is 2.15. The first-order valence-electron chi connectivity index (χ1n) is 4.80. The Morgan fingerprint density at radius 3 is 2.73 bits per heavy atom. The van der Waals surface area contributed by atoms with Crippen LogP contribution in [0.4, 0.5) is 14.5 Å². The van der Waals surface area contributed by atoms with Gasteiger partial charge in [0.1, 0.15) is 5.69 Å². The zero-order chi connectivity index (χ0) is 11.4. The molecule has 0 radical (unpaired) electrons. The monoisotopic (exact) mass is 219 g/mol. The maximum Gasteiger partial charge on any atom is 0.272 e. The summed E-state index contributed by atoms with van der Waals surface area (Å²) >= 11 is 0. The molecule has 0 aliphatic rings. The van der Waals surface area contributed by atoms with E-state index in [0.29, 0.717) is 17.9 Å². The number of anilines is 1. The first kappa shape index (κ1) is 11.7. The third-order valence-corrected chi connectivity index (χ3v) is 1.91. The lowest BCUT2D eigenvalue weighted by Crippen LogP contribution is -2.12. The van der Waals surface area contributed by atoms with Crippen LogP contribution in [0.3, 0.4) is 0 Å². The van der Waals surface area contributed by atoms with E-state index in [1.807, 2.05) is 6.92 Å². The first-order chi connectivity index (χ1) is 7.06. The number of nitrogen functional groups attached to an aromatic ring is 1. The first-order valence-corrected chi connectivity index (χ1v) is 4.80. The summed E-state index contributed by atoms with van der Waals surface area (Å²) in [6, 6.07) is 0. The number of nitrogens with two attached hydrogens (primary N) is 1. The number of nitrogens with zero attached hydrogens (tertiary/aromatic N) is 2. The molecule has 4 nitrogen and oxygen atoms in total. The molecule has 2 N–H and O–H groups in total. The molecule has 1 rings (SSSR count). The van der Waals surface area contributed by atoms with Gasteiger partial charge in [-0.25, -0.2) is 13.5 Å². The maximum atomic E-state index is 12.0. The molecule has 1 aromatic rings. The Morgan fingerprint density at radius 2 is 2.20 bits per heavy atom. The normalized spacial score (nSPS) is 11.0. The van der Waals surface area contributed by atoms with E-state index >= 15 is 0 Å². The van der Waals surface area contributed by atoms with Gasteiger partial charge in [0.05, 0.1) is 5.69 Å². The number of rotatable bonds is 5. The van der Waals surface area contributed by atoms with Crippen LogP contribution in [-0.4, -0.2) is 22.8 Å². The lowest BCUT2D eigenvalue weighted by molar-refractivity contribution is 0.0771. The van der Waals surface area contributed by atoms with Gasteiger partial charge in [-0.1, -0.05) is 6.92 Å². The van der Waals surface area contributed by atoms with Crippen molar-refractivity contribution in [3.05, 3.63) is 5.69 Å². The second-order valence-electron chi connectivity index (χ2n) is 3.23. The van der Waals surface area contributed by atoms with Crippen LogP contribution in [0.1, 0.15) is 19.0 Å². The number of hydrogen-bond acceptors (Lipinski definition) is 3. The van der Waals surface area contributed by atoms with Crippen molar-refractivity contribution in [2.24, 2.45) is 0 Å². The lowest BCUT2D eigenvalue weighted by Gasteiger charge is -2.08. The number of halogens is 2. The number of hydrogen-bond donors (Lipinski definition) is 1. The summed E-state index contributed by atoms with van der Waals surface area (Å²) in [6.07, 6.45) is -1.67. The average Bonchev–Trinajstić information content (AvgIpc) is 2.41. The van der Waals surface area contributed by atoms with Gasteiger partial charge in [0.2, 0.25) is 5.88 Å². The molecule has 0 atom stereocenters. The highest BCUT2D eigenvalue weighted by atomic mass is 19.3. The molecule has 0 aromatic carbocycles. The number of aromatic nitrogens is 2. The summed E-state index contributed by atoms with van der Waals surface area (Å²) in [5, 5.41) is 4.10. The van der Waals surface area contributed by atoms with Crippen LogP contribution in [-0.2, 0) is 6.54 Å². The molecule has 0 aliphatic carbocycles. The molecule has 0 spiro atoms. The highest BCUT2D eigenvalue weighted by Crippen LogP contribution is 2.25.